The number of nitrogens with one attached hydrogen (secondary N) is 1. The van der Waals surface area contributed by atoms with Crippen molar-refractivity contribution in [1.29, 1.82) is 0 Å². The van der Waals surface area contributed by atoms with E-state index in [2.05, 4.69) is 15.3 Å². The molecule has 4 rings (SSSR count). The van der Waals surface area contributed by atoms with Crippen LogP contribution in [0.2, 0.25) is 0 Å². The molecule has 1 amide bonds. The van der Waals surface area contributed by atoms with Crippen LogP contribution in [0.25, 0.3) is 0 Å². The fraction of sp³-hybridized carbons (Fsp3) is 0.172. The van der Waals surface area contributed by atoms with Crippen LogP contribution in [0.4, 0.5) is 4.79 Å². The van der Waals surface area contributed by atoms with Gasteiger partial charge in [0.2, 0.25) is 17.9 Å². The number of amides is 1. The van der Waals surface area contributed by atoms with E-state index in [9.17, 15) is 14.7 Å². The highest BCUT2D eigenvalue weighted by atomic mass is 16.6. The van der Waals surface area contributed by atoms with Gasteiger partial charge in [0.05, 0.1) is 20.3 Å². The summed E-state index contributed by atoms with van der Waals surface area (Å²) in [4.78, 5) is 34.5. The number of hydrogen-bond donors (Lipinski definition) is 2. The van der Waals surface area contributed by atoms with Crippen LogP contribution in [0.5, 0.6) is 17.8 Å². The summed E-state index contributed by atoms with van der Waals surface area (Å²) in [7, 11) is 2.78. The minimum Gasteiger partial charge on any atom is -0.481 e. The number of aliphatic carboxylic acids is 1. The van der Waals surface area contributed by atoms with Crippen molar-refractivity contribution in [3.63, 3.8) is 0 Å². The monoisotopic (exact) mass is 529 g/mol. The van der Waals surface area contributed by atoms with Crippen molar-refractivity contribution < 1.29 is 33.6 Å². The van der Waals surface area contributed by atoms with Crippen molar-refractivity contribution >= 4 is 12.1 Å². The molecule has 200 valence electrons. The van der Waals surface area contributed by atoms with E-state index >= 15 is 0 Å². The van der Waals surface area contributed by atoms with Crippen LogP contribution < -0.4 is 19.5 Å². The summed E-state index contributed by atoms with van der Waals surface area (Å²) in [6.07, 6.45) is -2.62. The van der Waals surface area contributed by atoms with Gasteiger partial charge in [-0.1, -0.05) is 91.0 Å². The summed E-state index contributed by atoms with van der Waals surface area (Å²) >= 11 is 0. The molecule has 0 spiro atoms. The second kappa shape index (κ2) is 12.4. The second-order valence-corrected chi connectivity index (χ2v) is 8.30. The number of nitrogens with zero attached hydrogens (tertiary/aromatic N) is 2. The lowest BCUT2D eigenvalue weighted by Gasteiger charge is -2.39. The van der Waals surface area contributed by atoms with Crippen LogP contribution in [0.3, 0.4) is 0 Å². The fourth-order valence-electron chi connectivity index (χ4n) is 4.08. The van der Waals surface area contributed by atoms with Gasteiger partial charge >= 0.3 is 18.1 Å². The first-order valence-corrected chi connectivity index (χ1v) is 11.9. The Bertz CT molecular complexity index is 1320. The van der Waals surface area contributed by atoms with Gasteiger partial charge in [-0.15, -0.1) is 0 Å². The predicted octanol–water partition coefficient (Wildman–Crippen LogP) is 4.20. The Morgan fingerprint density at radius 1 is 0.821 bits per heavy atom. The number of carboxylic acids is 1. The number of methoxy groups -OCH3 is 2. The lowest BCUT2D eigenvalue weighted by Crippen LogP contribution is -2.60. The highest BCUT2D eigenvalue weighted by Gasteiger charge is 2.50. The summed E-state index contributed by atoms with van der Waals surface area (Å²) in [5.74, 6) is -1.20. The first-order valence-electron chi connectivity index (χ1n) is 11.9. The van der Waals surface area contributed by atoms with E-state index in [0.29, 0.717) is 11.1 Å². The van der Waals surface area contributed by atoms with Crippen LogP contribution >= 0.6 is 0 Å². The molecule has 0 saturated carbocycles. The van der Waals surface area contributed by atoms with Crippen molar-refractivity contribution in [2.24, 2.45) is 0 Å². The largest absolute Gasteiger partial charge is 0.481 e. The van der Waals surface area contributed by atoms with Gasteiger partial charge in [0.25, 0.3) is 0 Å². The Hall–Kier alpha value is -5.12. The smallest absolute Gasteiger partial charge is 0.408 e. The summed E-state index contributed by atoms with van der Waals surface area (Å²) in [5, 5.41) is 13.3. The molecule has 0 radical (unpaired) electrons. The van der Waals surface area contributed by atoms with Gasteiger partial charge in [0.1, 0.15) is 12.1 Å². The minimum atomic E-state index is -1.78. The molecule has 2 N–H and O–H groups in total. The van der Waals surface area contributed by atoms with E-state index in [-0.39, 0.29) is 24.4 Å². The van der Waals surface area contributed by atoms with Gasteiger partial charge in [0.15, 0.2) is 0 Å². The molecule has 10 heteroatoms. The standard InChI is InChI=1S/C29H27N3O7/c1-36-23-18-24(37-2)31-27(30-23)39-25(26(33)34)29(21-14-8-4-9-15-21,22-16-10-5-11-17-22)32-28(35)38-19-20-12-6-3-7-13-20/h3-18,25H,19H2,1-2H3,(H,32,35)(H,33,34). The molecule has 39 heavy (non-hydrogen) atoms. The van der Waals surface area contributed by atoms with Crippen LogP contribution in [0.15, 0.2) is 97.1 Å². The number of ether oxygens (including phenoxy) is 4. The van der Waals surface area contributed by atoms with Crippen LogP contribution in [-0.4, -0.2) is 47.5 Å². The van der Waals surface area contributed by atoms with E-state index in [1.807, 2.05) is 30.3 Å². The number of carbonyl (C=O) groups is 2. The first-order chi connectivity index (χ1) is 19.0. The number of carboxylic acid groups (broad SMARTS) is 1. The summed E-state index contributed by atoms with van der Waals surface area (Å²) in [5.41, 5.74) is -0.159. The second-order valence-electron chi connectivity index (χ2n) is 8.30. The third-order valence-corrected chi connectivity index (χ3v) is 5.89. The number of hydrogen-bond acceptors (Lipinski definition) is 8. The number of aromatic nitrogens is 2. The van der Waals surface area contributed by atoms with Gasteiger partial charge in [-0.05, 0) is 16.7 Å². The number of carbonyl (C=O) groups excluding carboxylic acids is 1. The van der Waals surface area contributed by atoms with E-state index in [1.54, 1.807) is 60.7 Å². The third-order valence-electron chi connectivity index (χ3n) is 5.89. The minimum absolute atomic E-state index is 0.0267. The highest BCUT2D eigenvalue weighted by Crippen LogP contribution is 2.36. The molecule has 10 nitrogen and oxygen atoms in total. The van der Waals surface area contributed by atoms with Crippen LogP contribution in [-0.2, 0) is 21.7 Å². The normalized spacial score (nSPS) is 11.6. The Kier molecular flexibility index (Phi) is 8.57. The molecular formula is C29H27N3O7. The summed E-state index contributed by atoms with van der Waals surface area (Å²) in [6.45, 7) is -0.0267. The number of benzene rings is 3. The topological polar surface area (TPSA) is 129 Å². The molecule has 4 aromatic rings. The molecule has 3 aromatic carbocycles. The number of rotatable bonds is 11. The molecule has 1 heterocycles. The van der Waals surface area contributed by atoms with Gasteiger partial charge in [-0.2, -0.15) is 9.97 Å². The summed E-state index contributed by atoms with van der Waals surface area (Å²) < 4.78 is 21.8. The van der Waals surface area contributed by atoms with E-state index in [4.69, 9.17) is 18.9 Å². The Morgan fingerprint density at radius 2 is 1.31 bits per heavy atom. The van der Waals surface area contributed by atoms with Crippen molar-refractivity contribution in [2.75, 3.05) is 14.2 Å². The van der Waals surface area contributed by atoms with E-state index in [0.717, 1.165) is 5.56 Å². The molecule has 0 fully saturated rings. The molecule has 0 aliphatic rings. The highest BCUT2D eigenvalue weighted by molar-refractivity contribution is 5.80. The molecule has 0 saturated heterocycles. The molecular weight excluding hydrogens is 502 g/mol. The zero-order valence-electron chi connectivity index (χ0n) is 21.3. The molecule has 0 aliphatic heterocycles. The third kappa shape index (κ3) is 6.24. The maximum Gasteiger partial charge on any atom is 0.408 e. The maximum absolute atomic E-state index is 13.3. The zero-order chi connectivity index (χ0) is 27.7. The molecule has 1 unspecified atom stereocenters. The van der Waals surface area contributed by atoms with Crippen molar-refractivity contribution in [3.8, 4) is 17.8 Å². The average Bonchev–Trinajstić information content (AvgIpc) is 2.99. The maximum atomic E-state index is 13.3. The molecule has 0 aliphatic carbocycles. The van der Waals surface area contributed by atoms with Crippen LogP contribution in [0.1, 0.15) is 16.7 Å². The summed E-state index contributed by atoms with van der Waals surface area (Å²) in [6, 6.07) is 27.5. The first kappa shape index (κ1) is 26.9. The van der Waals surface area contributed by atoms with Crippen molar-refractivity contribution in [1.82, 2.24) is 15.3 Å². The Balaban J connectivity index is 1.83. The lowest BCUT2D eigenvalue weighted by molar-refractivity contribution is -0.149. The van der Waals surface area contributed by atoms with Gasteiger partial charge < -0.3 is 29.4 Å². The van der Waals surface area contributed by atoms with Gasteiger partial charge in [-0.25, -0.2) is 9.59 Å². The average molecular weight is 530 g/mol. The SMILES string of the molecule is COc1cc(OC)nc(OC(C(=O)O)C(NC(=O)OCc2ccccc2)(c2ccccc2)c2ccccc2)n1. The Morgan fingerprint density at radius 3 is 1.77 bits per heavy atom. The molecule has 1 aromatic heterocycles. The quantitative estimate of drug-likeness (QED) is 0.294. The van der Waals surface area contributed by atoms with Crippen molar-refractivity contribution in [2.45, 2.75) is 18.2 Å². The van der Waals surface area contributed by atoms with Crippen LogP contribution in [0, 0.1) is 0 Å². The number of alkyl carbamates (subject to hydrolysis) is 1. The van der Waals surface area contributed by atoms with Gasteiger partial charge in [-0.3, -0.25) is 0 Å². The lowest BCUT2D eigenvalue weighted by atomic mass is 9.78. The van der Waals surface area contributed by atoms with Gasteiger partial charge in [0, 0.05) is 0 Å². The van der Waals surface area contributed by atoms with E-state index < -0.39 is 23.7 Å². The van der Waals surface area contributed by atoms with Crippen molar-refractivity contribution in [3.05, 3.63) is 114 Å². The molecule has 1 atom stereocenters. The zero-order valence-corrected chi connectivity index (χ0v) is 21.3. The predicted molar refractivity (Wildman–Crippen MR) is 141 cm³/mol. The molecule has 0 bridgehead atoms. The Labute approximate surface area is 225 Å². The fourth-order valence-corrected chi connectivity index (χ4v) is 4.08. The van der Waals surface area contributed by atoms with E-state index in [1.165, 1.54) is 20.3 Å².